The number of anilines is 1. The Bertz CT molecular complexity index is 569. The quantitative estimate of drug-likeness (QED) is 0.780. The van der Waals surface area contributed by atoms with Gasteiger partial charge in [-0.3, -0.25) is 9.59 Å². The Kier molecular flexibility index (Phi) is 7.25. The summed E-state index contributed by atoms with van der Waals surface area (Å²) in [5.74, 6) is -0.487. The van der Waals surface area contributed by atoms with Gasteiger partial charge in [0, 0.05) is 26.4 Å². The van der Waals surface area contributed by atoms with Crippen LogP contribution in [0.2, 0.25) is 0 Å². The Hall–Kier alpha value is -2.37. The zero-order valence-electron chi connectivity index (χ0n) is 14.1. The molecule has 0 saturated heterocycles. The highest BCUT2D eigenvalue weighted by molar-refractivity contribution is 6.01. The summed E-state index contributed by atoms with van der Waals surface area (Å²) in [5.41, 5.74) is 0.795. The number of methoxy groups -OCH3 is 1. The minimum absolute atomic E-state index is 0.0512. The van der Waals surface area contributed by atoms with Crippen LogP contribution in [0.3, 0.4) is 0 Å². The molecule has 0 heterocycles. The second kappa shape index (κ2) is 8.92. The number of hydrogen-bond acceptors (Lipinski definition) is 4. The van der Waals surface area contributed by atoms with Gasteiger partial charge in [-0.1, -0.05) is 26.0 Å². The zero-order chi connectivity index (χ0) is 17.4. The molecule has 1 rings (SSSR count). The molecule has 126 valence electrons. The molecule has 0 unspecified atom stereocenters. The van der Waals surface area contributed by atoms with Gasteiger partial charge in [-0.05, 0) is 18.1 Å². The van der Waals surface area contributed by atoms with Gasteiger partial charge in [-0.25, -0.2) is 4.79 Å². The molecule has 6 nitrogen and oxygen atoms in total. The summed E-state index contributed by atoms with van der Waals surface area (Å²) < 4.78 is 4.75. The second-order valence-electron chi connectivity index (χ2n) is 5.63. The van der Waals surface area contributed by atoms with E-state index in [4.69, 9.17) is 4.74 Å². The van der Waals surface area contributed by atoms with Crippen LogP contribution in [0.15, 0.2) is 24.3 Å². The van der Waals surface area contributed by atoms with Crippen LogP contribution in [-0.2, 0) is 14.3 Å². The Morgan fingerprint density at radius 1 is 1.22 bits per heavy atom. The maximum absolute atomic E-state index is 11.9. The van der Waals surface area contributed by atoms with E-state index in [1.54, 1.807) is 24.3 Å². The zero-order valence-corrected chi connectivity index (χ0v) is 14.1. The van der Waals surface area contributed by atoms with Crippen LogP contribution in [0.1, 0.15) is 37.6 Å². The van der Waals surface area contributed by atoms with Gasteiger partial charge in [-0.15, -0.1) is 0 Å². The van der Waals surface area contributed by atoms with E-state index in [0.717, 1.165) is 0 Å². The topological polar surface area (TPSA) is 75.7 Å². The van der Waals surface area contributed by atoms with E-state index in [-0.39, 0.29) is 24.3 Å². The third kappa shape index (κ3) is 5.73. The maximum atomic E-state index is 11.9. The van der Waals surface area contributed by atoms with Crippen molar-refractivity contribution in [2.45, 2.75) is 27.2 Å². The lowest BCUT2D eigenvalue weighted by Gasteiger charge is -2.23. The van der Waals surface area contributed by atoms with Crippen molar-refractivity contribution in [2.75, 3.05) is 25.1 Å². The van der Waals surface area contributed by atoms with Gasteiger partial charge in [0.05, 0.1) is 18.4 Å². The predicted octanol–water partition coefficient (Wildman–Crippen LogP) is 1.99. The van der Waals surface area contributed by atoms with E-state index >= 15 is 0 Å². The lowest BCUT2D eigenvalue weighted by molar-refractivity contribution is -0.122. The van der Waals surface area contributed by atoms with Crippen LogP contribution >= 0.6 is 0 Å². The van der Waals surface area contributed by atoms with Crippen LogP contribution in [-0.4, -0.2) is 38.0 Å². The first-order chi connectivity index (χ1) is 10.9. The SMILES string of the molecule is COC(=O)c1ccccc1N(CCNC(=O)CC(C)C)C(C)=O. The lowest BCUT2D eigenvalue weighted by Crippen LogP contribution is -2.38. The average Bonchev–Trinajstić information content (AvgIpc) is 2.49. The summed E-state index contributed by atoms with van der Waals surface area (Å²) in [7, 11) is 1.29. The van der Waals surface area contributed by atoms with Gasteiger partial charge in [-0.2, -0.15) is 0 Å². The summed E-state index contributed by atoms with van der Waals surface area (Å²) in [6, 6.07) is 6.74. The van der Waals surface area contributed by atoms with E-state index in [9.17, 15) is 14.4 Å². The molecule has 0 aliphatic carbocycles. The van der Waals surface area contributed by atoms with Crippen molar-refractivity contribution in [3.8, 4) is 0 Å². The molecule has 0 aliphatic rings. The minimum atomic E-state index is -0.504. The van der Waals surface area contributed by atoms with Crippen LogP contribution in [0.4, 0.5) is 5.69 Å². The van der Waals surface area contributed by atoms with Gasteiger partial charge in [0.25, 0.3) is 0 Å². The molecule has 0 fully saturated rings. The molecule has 0 aromatic heterocycles. The first-order valence-corrected chi connectivity index (χ1v) is 7.59. The van der Waals surface area contributed by atoms with Crippen LogP contribution in [0.25, 0.3) is 0 Å². The fraction of sp³-hybridized carbons (Fsp3) is 0.471. The number of esters is 1. The molecule has 0 atom stereocenters. The maximum Gasteiger partial charge on any atom is 0.339 e. The van der Waals surface area contributed by atoms with Crippen molar-refractivity contribution in [3.05, 3.63) is 29.8 Å². The van der Waals surface area contributed by atoms with Gasteiger partial charge in [0.1, 0.15) is 0 Å². The molecular formula is C17H24N2O4. The fourth-order valence-electron chi connectivity index (χ4n) is 2.19. The molecule has 1 aromatic carbocycles. The van der Waals surface area contributed by atoms with Crippen molar-refractivity contribution >= 4 is 23.5 Å². The third-order valence-corrected chi connectivity index (χ3v) is 3.23. The Labute approximate surface area is 136 Å². The van der Waals surface area contributed by atoms with E-state index in [1.165, 1.54) is 18.9 Å². The van der Waals surface area contributed by atoms with E-state index in [1.807, 2.05) is 13.8 Å². The summed E-state index contributed by atoms with van der Waals surface area (Å²) >= 11 is 0. The third-order valence-electron chi connectivity index (χ3n) is 3.23. The first-order valence-electron chi connectivity index (χ1n) is 7.59. The van der Waals surface area contributed by atoms with Crippen molar-refractivity contribution in [2.24, 2.45) is 5.92 Å². The van der Waals surface area contributed by atoms with Gasteiger partial charge in [0.2, 0.25) is 11.8 Å². The summed E-state index contributed by atoms with van der Waals surface area (Å²) in [4.78, 5) is 36.9. The minimum Gasteiger partial charge on any atom is -0.465 e. The van der Waals surface area contributed by atoms with Gasteiger partial charge < -0.3 is 15.0 Å². The average molecular weight is 320 g/mol. The Balaban J connectivity index is 2.82. The molecule has 0 aliphatic heterocycles. The van der Waals surface area contributed by atoms with E-state index in [0.29, 0.717) is 24.2 Å². The monoisotopic (exact) mass is 320 g/mol. The van der Waals surface area contributed by atoms with Crippen molar-refractivity contribution < 1.29 is 19.1 Å². The number of carbonyl (C=O) groups is 3. The number of para-hydroxylation sites is 1. The molecular weight excluding hydrogens is 296 g/mol. The standard InChI is InChI=1S/C17H24N2O4/c1-12(2)11-16(21)18-9-10-19(13(3)20)15-8-6-5-7-14(15)17(22)23-4/h5-8,12H,9-11H2,1-4H3,(H,18,21). The predicted molar refractivity (Wildman–Crippen MR) is 88.3 cm³/mol. The number of ether oxygens (including phenoxy) is 1. The number of amides is 2. The Morgan fingerprint density at radius 2 is 1.87 bits per heavy atom. The number of nitrogens with one attached hydrogen (secondary N) is 1. The number of nitrogens with zero attached hydrogens (tertiary/aromatic N) is 1. The van der Waals surface area contributed by atoms with Crippen molar-refractivity contribution in [3.63, 3.8) is 0 Å². The number of rotatable bonds is 7. The van der Waals surface area contributed by atoms with Crippen LogP contribution < -0.4 is 10.2 Å². The highest BCUT2D eigenvalue weighted by Gasteiger charge is 2.19. The summed E-state index contributed by atoms with van der Waals surface area (Å²) in [6.07, 6.45) is 0.443. The van der Waals surface area contributed by atoms with Crippen LogP contribution in [0.5, 0.6) is 0 Å². The molecule has 1 aromatic rings. The molecule has 0 bridgehead atoms. The Morgan fingerprint density at radius 3 is 2.43 bits per heavy atom. The number of benzene rings is 1. The molecule has 2 amide bonds. The molecule has 6 heteroatoms. The number of hydrogen-bond donors (Lipinski definition) is 1. The fourth-order valence-corrected chi connectivity index (χ4v) is 2.19. The summed E-state index contributed by atoms with van der Waals surface area (Å²) in [5, 5.41) is 2.78. The second-order valence-corrected chi connectivity index (χ2v) is 5.63. The molecule has 0 spiro atoms. The molecule has 23 heavy (non-hydrogen) atoms. The first kappa shape index (κ1) is 18.7. The van der Waals surface area contributed by atoms with Crippen molar-refractivity contribution in [1.82, 2.24) is 5.32 Å². The number of carbonyl (C=O) groups excluding carboxylic acids is 3. The lowest BCUT2D eigenvalue weighted by atomic mass is 10.1. The van der Waals surface area contributed by atoms with Crippen LogP contribution in [0, 0.1) is 5.92 Å². The van der Waals surface area contributed by atoms with Gasteiger partial charge in [0.15, 0.2) is 0 Å². The van der Waals surface area contributed by atoms with Crippen molar-refractivity contribution in [1.29, 1.82) is 0 Å². The largest absolute Gasteiger partial charge is 0.465 e. The van der Waals surface area contributed by atoms with E-state index < -0.39 is 5.97 Å². The normalized spacial score (nSPS) is 10.3. The molecule has 0 saturated carbocycles. The van der Waals surface area contributed by atoms with Gasteiger partial charge >= 0.3 is 5.97 Å². The van der Waals surface area contributed by atoms with E-state index in [2.05, 4.69) is 5.32 Å². The highest BCUT2D eigenvalue weighted by Crippen LogP contribution is 2.21. The smallest absolute Gasteiger partial charge is 0.339 e. The highest BCUT2D eigenvalue weighted by atomic mass is 16.5. The summed E-state index contributed by atoms with van der Waals surface area (Å²) in [6.45, 7) is 5.96. The molecule has 1 N–H and O–H groups in total. The molecule has 0 radical (unpaired) electrons.